The fourth-order valence-electron chi connectivity index (χ4n) is 4.33. The van der Waals surface area contributed by atoms with Gasteiger partial charge in [-0.3, -0.25) is 0 Å². The molecular formula is C41H44O8. The van der Waals surface area contributed by atoms with Crippen molar-refractivity contribution in [1.82, 2.24) is 0 Å². The Balaban J connectivity index is 1.36. The van der Waals surface area contributed by atoms with Crippen LogP contribution in [0.1, 0.15) is 22.3 Å². The van der Waals surface area contributed by atoms with Crippen molar-refractivity contribution < 1.29 is 37.9 Å². The summed E-state index contributed by atoms with van der Waals surface area (Å²) < 4.78 is 45.8. The van der Waals surface area contributed by atoms with Gasteiger partial charge in [-0.1, -0.05) is 121 Å². The predicted octanol–water partition coefficient (Wildman–Crippen LogP) is 8.59. The zero-order chi connectivity index (χ0) is 33.9. The molecule has 256 valence electrons. The number of hydrogen-bond donors (Lipinski definition) is 0. The Morgan fingerprint density at radius 1 is 0.306 bits per heavy atom. The van der Waals surface area contributed by atoms with E-state index >= 15 is 0 Å². The first-order valence-electron chi connectivity index (χ1n) is 16.2. The summed E-state index contributed by atoms with van der Waals surface area (Å²) in [4.78, 5) is 0. The minimum absolute atomic E-state index is 0.443. The van der Waals surface area contributed by atoms with Gasteiger partial charge in [-0.15, -0.1) is 0 Å². The number of rotatable bonds is 24. The van der Waals surface area contributed by atoms with Crippen LogP contribution in [0.25, 0.3) is 0 Å². The molecular weight excluding hydrogens is 620 g/mol. The molecule has 4 rings (SSSR count). The largest absolute Gasteiger partial charge is 0.609 e. The molecule has 0 aliphatic carbocycles. The molecule has 0 atom stereocenters. The molecule has 0 aliphatic heterocycles. The van der Waals surface area contributed by atoms with Gasteiger partial charge in [-0.2, -0.15) is 0 Å². The molecule has 0 spiro atoms. The zero-order valence-corrected chi connectivity index (χ0v) is 27.6. The summed E-state index contributed by atoms with van der Waals surface area (Å²) in [7, 11) is 0. The van der Waals surface area contributed by atoms with Crippen LogP contribution in [-0.2, 0) is 63.6 Å². The van der Waals surface area contributed by atoms with Gasteiger partial charge in [0.05, 0.1) is 26.4 Å². The molecule has 4 aromatic rings. The Bertz CT molecular complexity index is 1270. The Morgan fingerprint density at radius 3 is 0.755 bits per heavy atom. The van der Waals surface area contributed by atoms with Crippen LogP contribution in [-0.4, -0.2) is 32.6 Å². The SMILES string of the molecule is C(=C/OC(O/C=C\OCCc1ccccc1)(O/C=C\OCCc1ccccc1)O/C=C\OCCc1ccccc1)/OCCc1ccccc1. The van der Waals surface area contributed by atoms with E-state index in [4.69, 9.17) is 37.9 Å². The maximum Gasteiger partial charge on any atom is 0.609 e. The molecule has 0 amide bonds. The van der Waals surface area contributed by atoms with Gasteiger partial charge < -0.3 is 37.9 Å². The first-order valence-corrected chi connectivity index (χ1v) is 16.2. The minimum atomic E-state index is -2.11. The van der Waals surface area contributed by atoms with Crippen LogP contribution >= 0.6 is 0 Å². The quantitative estimate of drug-likeness (QED) is 0.0419. The van der Waals surface area contributed by atoms with Crippen LogP contribution < -0.4 is 0 Å². The van der Waals surface area contributed by atoms with Gasteiger partial charge >= 0.3 is 6.16 Å². The molecule has 4 aromatic carbocycles. The van der Waals surface area contributed by atoms with E-state index in [-0.39, 0.29) is 0 Å². The lowest BCUT2D eigenvalue weighted by Gasteiger charge is -2.26. The fraction of sp³-hybridized carbons (Fsp3) is 0.220. The zero-order valence-electron chi connectivity index (χ0n) is 27.6. The van der Waals surface area contributed by atoms with E-state index in [9.17, 15) is 0 Å². The summed E-state index contributed by atoms with van der Waals surface area (Å²) in [6, 6.07) is 40.2. The number of ether oxygens (including phenoxy) is 8. The second-order valence-corrected chi connectivity index (χ2v) is 10.5. The molecule has 0 N–H and O–H groups in total. The highest BCUT2D eigenvalue weighted by Crippen LogP contribution is 2.21. The standard InChI is InChI=1S/C41H44O8/c1-5-13-37(14-6-1)21-25-42-29-33-46-41(47-34-30-43-26-22-38-15-7-2-8-16-38,48-35-31-44-27-23-39-17-9-3-10-18-39)49-36-32-45-28-24-40-19-11-4-12-20-40/h1-20,29-36H,21-28H2/b33-29-,34-30-,35-31-,36-32-. The van der Waals surface area contributed by atoms with Gasteiger partial charge in [-0.05, 0) is 22.3 Å². The molecule has 0 bridgehead atoms. The van der Waals surface area contributed by atoms with Crippen molar-refractivity contribution in [1.29, 1.82) is 0 Å². The van der Waals surface area contributed by atoms with Crippen LogP contribution in [0.15, 0.2) is 171 Å². The second kappa shape index (κ2) is 22.7. The lowest BCUT2D eigenvalue weighted by molar-refractivity contribution is -0.438. The van der Waals surface area contributed by atoms with Gasteiger partial charge in [-0.25, -0.2) is 0 Å². The first-order chi connectivity index (χ1) is 24.3. The molecule has 0 radical (unpaired) electrons. The fourth-order valence-corrected chi connectivity index (χ4v) is 4.33. The molecule has 0 aromatic heterocycles. The molecule has 8 nitrogen and oxygen atoms in total. The Morgan fingerprint density at radius 2 is 0.531 bits per heavy atom. The summed E-state index contributed by atoms with van der Waals surface area (Å²) in [5, 5.41) is 0. The molecule has 0 fully saturated rings. The molecule has 0 unspecified atom stereocenters. The molecule has 0 saturated carbocycles. The van der Waals surface area contributed by atoms with Crippen LogP contribution in [0.5, 0.6) is 0 Å². The summed E-state index contributed by atoms with van der Waals surface area (Å²) in [5.74, 6) is 0. The normalized spacial score (nSPS) is 11.6. The highest BCUT2D eigenvalue weighted by molar-refractivity contribution is 5.16. The Hall–Kier alpha value is -5.76. The van der Waals surface area contributed by atoms with Gasteiger partial charge in [0.25, 0.3) is 0 Å². The summed E-state index contributed by atoms with van der Waals surface area (Å²) in [6.07, 6.45) is 11.5. The van der Waals surface area contributed by atoms with E-state index in [0.717, 1.165) is 47.9 Å². The van der Waals surface area contributed by atoms with Crippen molar-refractivity contribution in [2.75, 3.05) is 26.4 Å². The Kier molecular flexibility index (Phi) is 16.7. The van der Waals surface area contributed by atoms with Gasteiger partial charge in [0, 0.05) is 25.7 Å². The lowest BCUT2D eigenvalue weighted by atomic mass is 10.2. The maximum atomic E-state index is 5.82. The van der Waals surface area contributed by atoms with Gasteiger partial charge in [0.1, 0.15) is 50.1 Å². The van der Waals surface area contributed by atoms with Crippen LogP contribution in [0, 0.1) is 0 Å². The molecule has 8 heteroatoms. The van der Waals surface area contributed by atoms with Crippen molar-refractivity contribution in [2.24, 2.45) is 0 Å². The average Bonchev–Trinajstić information content (AvgIpc) is 3.15. The smallest absolute Gasteiger partial charge is 0.498 e. The molecule has 0 heterocycles. The van der Waals surface area contributed by atoms with E-state index in [1.165, 1.54) is 50.1 Å². The minimum Gasteiger partial charge on any atom is -0.498 e. The van der Waals surface area contributed by atoms with Gasteiger partial charge in [0.2, 0.25) is 0 Å². The summed E-state index contributed by atoms with van der Waals surface area (Å²) >= 11 is 0. The van der Waals surface area contributed by atoms with Crippen molar-refractivity contribution in [2.45, 2.75) is 31.8 Å². The van der Waals surface area contributed by atoms with Crippen molar-refractivity contribution in [3.63, 3.8) is 0 Å². The van der Waals surface area contributed by atoms with Gasteiger partial charge in [0.15, 0.2) is 0 Å². The highest BCUT2D eigenvalue weighted by Gasteiger charge is 2.38. The summed E-state index contributed by atoms with van der Waals surface area (Å²) in [6.45, 7) is 1.77. The monoisotopic (exact) mass is 664 g/mol. The van der Waals surface area contributed by atoms with Crippen LogP contribution in [0.4, 0.5) is 0 Å². The number of hydrogen-bond acceptors (Lipinski definition) is 8. The lowest BCUT2D eigenvalue weighted by Crippen LogP contribution is -2.36. The molecule has 49 heavy (non-hydrogen) atoms. The van der Waals surface area contributed by atoms with E-state index in [1.807, 2.05) is 121 Å². The molecule has 0 saturated heterocycles. The van der Waals surface area contributed by atoms with Crippen molar-refractivity contribution >= 4 is 0 Å². The number of benzene rings is 4. The Labute approximate surface area is 289 Å². The topological polar surface area (TPSA) is 73.8 Å². The highest BCUT2D eigenvalue weighted by atomic mass is 17.0. The molecule has 0 aliphatic rings. The van der Waals surface area contributed by atoms with E-state index in [2.05, 4.69) is 0 Å². The van der Waals surface area contributed by atoms with E-state index < -0.39 is 6.16 Å². The van der Waals surface area contributed by atoms with Crippen LogP contribution in [0.2, 0.25) is 0 Å². The van der Waals surface area contributed by atoms with Crippen LogP contribution in [0.3, 0.4) is 0 Å². The van der Waals surface area contributed by atoms with Crippen molar-refractivity contribution in [3.05, 3.63) is 194 Å². The third kappa shape index (κ3) is 15.6. The maximum absolute atomic E-state index is 5.82. The van der Waals surface area contributed by atoms with E-state index in [1.54, 1.807) is 0 Å². The second-order valence-electron chi connectivity index (χ2n) is 10.5. The predicted molar refractivity (Wildman–Crippen MR) is 188 cm³/mol. The third-order valence-electron chi connectivity index (χ3n) is 6.86. The van der Waals surface area contributed by atoms with Crippen molar-refractivity contribution in [3.8, 4) is 0 Å². The summed E-state index contributed by atoms with van der Waals surface area (Å²) in [5.41, 5.74) is 4.64. The van der Waals surface area contributed by atoms with E-state index in [0.29, 0.717) is 26.4 Å². The third-order valence-corrected chi connectivity index (χ3v) is 6.86. The average molecular weight is 665 g/mol. The first kappa shape index (κ1) is 36.1.